The molecule has 0 radical (unpaired) electrons. The number of nitrogens with two attached hydrogens (primary N) is 1. The monoisotopic (exact) mass is 291 g/mol. The van der Waals surface area contributed by atoms with Gasteiger partial charge in [-0.05, 0) is 63.4 Å². The van der Waals surface area contributed by atoms with Gasteiger partial charge in [-0.25, -0.2) is 4.39 Å². The number of likely N-dealkylation sites (tertiary alicyclic amines) is 1. The zero-order valence-electron chi connectivity index (χ0n) is 13.1. The Labute approximate surface area is 126 Å². The molecule has 0 spiro atoms. The van der Waals surface area contributed by atoms with Crippen molar-refractivity contribution in [3.05, 3.63) is 29.6 Å². The van der Waals surface area contributed by atoms with Crippen molar-refractivity contribution in [1.29, 1.82) is 0 Å². The lowest BCUT2D eigenvalue weighted by Crippen LogP contribution is -2.52. The van der Waals surface area contributed by atoms with Crippen molar-refractivity contribution in [2.75, 3.05) is 31.6 Å². The molecular formula is C17H26FN3. The van der Waals surface area contributed by atoms with Gasteiger partial charge in [0.25, 0.3) is 0 Å². The molecule has 3 nitrogen and oxygen atoms in total. The molecule has 2 fully saturated rings. The van der Waals surface area contributed by atoms with E-state index in [1.54, 1.807) is 6.07 Å². The molecule has 1 aromatic rings. The lowest BCUT2D eigenvalue weighted by atomic mass is 9.84. The Hall–Kier alpha value is -1.13. The van der Waals surface area contributed by atoms with Gasteiger partial charge in [0.15, 0.2) is 0 Å². The van der Waals surface area contributed by atoms with Crippen LogP contribution in [0, 0.1) is 11.7 Å². The molecule has 4 heteroatoms. The minimum atomic E-state index is -0.132. The van der Waals surface area contributed by atoms with Crippen LogP contribution in [0.4, 0.5) is 10.1 Å². The van der Waals surface area contributed by atoms with E-state index >= 15 is 0 Å². The molecular weight excluding hydrogens is 265 g/mol. The number of nitrogens with zero attached hydrogens (tertiary/aromatic N) is 2. The molecule has 2 N–H and O–H groups in total. The Kier molecular flexibility index (Phi) is 4.18. The zero-order chi connectivity index (χ0) is 15.0. The predicted octanol–water partition coefficient (Wildman–Crippen LogP) is 2.77. The first kappa shape index (κ1) is 14.8. The molecule has 3 rings (SSSR count). The minimum Gasteiger partial charge on any atom is -0.369 e. The first-order valence-electron chi connectivity index (χ1n) is 8.06. The maximum atomic E-state index is 14.4. The van der Waals surface area contributed by atoms with E-state index in [0.717, 1.165) is 30.8 Å². The first-order chi connectivity index (χ1) is 10.1. The van der Waals surface area contributed by atoms with Crippen LogP contribution in [-0.4, -0.2) is 37.6 Å². The van der Waals surface area contributed by atoms with E-state index in [1.807, 2.05) is 19.1 Å². The minimum absolute atomic E-state index is 0.119. The highest BCUT2D eigenvalue weighted by Gasteiger charge is 2.34. The van der Waals surface area contributed by atoms with E-state index in [1.165, 1.54) is 19.4 Å². The normalized spacial score (nSPS) is 28.3. The Bertz CT molecular complexity index is 503. The van der Waals surface area contributed by atoms with Crippen molar-refractivity contribution in [3.8, 4) is 0 Å². The first-order valence-corrected chi connectivity index (χ1v) is 8.06. The third-order valence-corrected chi connectivity index (χ3v) is 5.18. The summed E-state index contributed by atoms with van der Waals surface area (Å²) in [6, 6.07) is 6.02. The van der Waals surface area contributed by atoms with Gasteiger partial charge in [0.2, 0.25) is 0 Å². The Morgan fingerprint density at radius 3 is 2.81 bits per heavy atom. The Morgan fingerprint density at radius 1 is 1.29 bits per heavy atom. The summed E-state index contributed by atoms with van der Waals surface area (Å²) in [4.78, 5) is 4.71. The van der Waals surface area contributed by atoms with Gasteiger partial charge in [0, 0.05) is 25.2 Å². The van der Waals surface area contributed by atoms with Crippen LogP contribution in [0.1, 0.15) is 37.8 Å². The van der Waals surface area contributed by atoms with Crippen molar-refractivity contribution in [1.82, 2.24) is 4.90 Å². The Balaban J connectivity index is 1.76. The van der Waals surface area contributed by atoms with E-state index in [4.69, 9.17) is 5.73 Å². The molecule has 0 saturated carbocycles. The molecule has 2 unspecified atom stereocenters. The van der Waals surface area contributed by atoms with Crippen molar-refractivity contribution < 1.29 is 4.39 Å². The molecule has 1 aromatic carbocycles. The number of hydrogen-bond donors (Lipinski definition) is 1. The quantitative estimate of drug-likeness (QED) is 0.909. The van der Waals surface area contributed by atoms with E-state index in [9.17, 15) is 4.39 Å². The third-order valence-electron chi connectivity index (χ3n) is 5.18. The largest absolute Gasteiger partial charge is 0.369 e. The number of rotatable bonds is 2. The summed E-state index contributed by atoms with van der Waals surface area (Å²) >= 11 is 0. The summed E-state index contributed by atoms with van der Waals surface area (Å²) in [5.74, 6) is 0.539. The molecule has 0 bridgehead atoms. The number of benzene rings is 1. The van der Waals surface area contributed by atoms with Crippen LogP contribution in [0.5, 0.6) is 0 Å². The smallest absolute Gasteiger partial charge is 0.146 e. The molecule has 3 atom stereocenters. The SMILES string of the molecule is C[C@@H](N)c1ccc(N2CCC3C(CCCN3C)C2)c(F)c1. The molecule has 2 aliphatic rings. The van der Waals surface area contributed by atoms with Crippen LogP contribution in [0.2, 0.25) is 0 Å². The van der Waals surface area contributed by atoms with E-state index < -0.39 is 0 Å². The van der Waals surface area contributed by atoms with Gasteiger partial charge >= 0.3 is 0 Å². The molecule has 21 heavy (non-hydrogen) atoms. The number of anilines is 1. The van der Waals surface area contributed by atoms with E-state index in [0.29, 0.717) is 12.0 Å². The Morgan fingerprint density at radius 2 is 2.10 bits per heavy atom. The van der Waals surface area contributed by atoms with Gasteiger partial charge in [-0.15, -0.1) is 0 Å². The van der Waals surface area contributed by atoms with Gasteiger partial charge in [-0.1, -0.05) is 6.07 Å². The van der Waals surface area contributed by atoms with Gasteiger partial charge < -0.3 is 15.5 Å². The lowest BCUT2D eigenvalue weighted by Gasteiger charge is -2.46. The molecule has 2 aliphatic heterocycles. The lowest BCUT2D eigenvalue weighted by molar-refractivity contribution is 0.102. The molecule has 0 aliphatic carbocycles. The fourth-order valence-electron chi connectivity index (χ4n) is 3.93. The van der Waals surface area contributed by atoms with Crippen LogP contribution in [0.15, 0.2) is 18.2 Å². The second kappa shape index (κ2) is 5.93. The second-order valence-electron chi connectivity index (χ2n) is 6.68. The maximum Gasteiger partial charge on any atom is 0.146 e. The number of fused-ring (bicyclic) bond motifs is 1. The highest BCUT2D eigenvalue weighted by atomic mass is 19.1. The maximum absolute atomic E-state index is 14.4. The zero-order valence-corrected chi connectivity index (χ0v) is 13.1. The summed E-state index contributed by atoms with van der Waals surface area (Å²) in [6.45, 7) is 5.01. The second-order valence-corrected chi connectivity index (χ2v) is 6.68. The standard InChI is InChI=1S/C17H26FN3/c1-12(19)13-5-6-17(15(18)10-13)21-9-7-16-14(11-21)4-3-8-20(16)2/h5-6,10,12,14,16H,3-4,7-9,11,19H2,1-2H3/t12-,14?,16?/m1/s1. The van der Waals surface area contributed by atoms with Gasteiger partial charge in [-0.2, -0.15) is 0 Å². The summed E-state index contributed by atoms with van der Waals surface area (Å²) < 4.78 is 14.4. The summed E-state index contributed by atoms with van der Waals surface area (Å²) in [6.07, 6.45) is 3.66. The molecule has 2 saturated heterocycles. The van der Waals surface area contributed by atoms with Crippen molar-refractivity contribution in [2.24, 2.45) is 11.7 Å². The molecule has 2 heterocycles. The van der Waals surface area contributed by atoms with Gasteiger partial charge in [0.05, 0.1) is 5.69 Å². The van der Waals surface area contributed by atoms with Crippen LogP contribution in [0.25, 0.3) is 0 Å². The average molecular weight is 291 g/mol. The van der Waals surface area contributed by atoms with Crippen molar-refractivity contribution >= 4 is 5.69 Å². The average Bonchev–Trinajstić information content (AvgIpc) is 2.47. The van der Waals surface area contributed by atoms with Crippen LogP contribution < -0.4 is 10.6 Å². The highest BCUT2D eigenvalue weighted by Crippen LogP contribution is 2.33. The fraction of sp³-hybridized carbons (Fsp3) is 0.647. The third kappa shape index (κ3) is 2.92. The molecule has 116 valence electrons. The van der Waals surface area contributed by atoms with E-state index in [-0.39, 0.29) is 11.9 Å². The summed E-state index contributed by atoms with van der Waals surface area (Å²) in [5, 5.41) is 0. The van der Waals surface area contributed by atoms with Gasteiger partial charge in [-0.3, -0.25) is 0 Å². The number of hydrogen-bond acceptors (Lipinski definition) is 3. The van der Waals surface area contributed by atoms with Crippen molar-refractivity contribution in [3.63, 3.8) is 0 Å². The number of piperidine rings is 2. The summed E-state index contributed by atoms with van der Waals surface area (Å²) in [7, 11) is 2.23. The molecule has 0 aromatic heterocycles. The van der Waals surface area contributed by atoms with Gasteiger partial charge in [0.1, 0.15) is 5.82 Å². The van der Waals surface area contributed by atoms with Crippen LogP contribution in [-0.2, 0) is 0 Å². The van der Waals surface area contributed by atoms with Crippen molar-refractivity contribution in [2.45, 2.75) is 38.3 Å². The topological polar surface area (TPSA) is 32.5 Å². The predicted molar refractivity (Wildman–Crippen MR) is 85.0 cm³/mol. The highest BCUT2D eigenvalue weighted by molar-refractivity contribution is 5.50. The van der Waals surface area contributed by atoms with Crippen LogP contribution in [0.3, 0.4) is 0 Å². The molecule has 0 amide bonds. The summed E-state index contributed by atoms with van der Waals surface area (Å²) in [5.41, 5.74) is 7.43. The number of halogens is 1. The van der Waals surface area contributed by atoms with E-state index in [2.05, 4.69) is 16.8 Å². The van der Waals surface area contributed by atoms with Crippen LogP contribution >= 0.6 is 0 Å². The fourth-order valence-corrected chi connectivity index (χ4v) is 3.93.